The van der Waals surface area contributed by atoms with Crippen LogP contribution in [0, 0.1) is 5.41 Å². The number of aryl methyl sites for hydroxylation is 1. The summed E-state index contributed by atoms with van der Waals surface area (Å²) in [6, 6.07) is 8.04. The minimum Gasteiger partial charge on any atom is -0.391 e. The lowest BCUT2D eigenvalue weighted by molar-refractivity contribution is -0.121. The van der Waals surface area contributed by atoms with Crippen molar-refractivity contribution in [1.29, 1.82) is 0 Å². The van der Waals surface area contributed by atoms with Gasteiger partial charge in [0.1, 0.15) is 0 Å². The summed E-state index contributed by atoms with van der Waals surface area (Å²) in [5, 5.41) is 13.9. The third kappa shape index (κ3) is 3.64. The number of nitrogens with one attached hydrogen (secondary N) is 1. The van der Waals surface area contributed by atoms with Crippen LogP contribution in [-0.4, -0.2) is 28.2 Å². The number of aliphatic hydroxyl groups is 1. The molecule has 0 spiro atoms. The van der Waals surface area contributed by atoms with E-state index < -0.39 is 6.10 Å². The van der Waals surface area contributed by atoms with Crippen molar-refractivity contribution in [3.8, 4) is 0 Å². The molecule has 0 saturated carbocycles. The van der Waals surface area contributed by atoms with E-state index in [-0.39, 0.29) is 17.9 Å². The zero-order valence-corrected chi connectivity index (χ0v) is 13.2. The lowest BCUT2D eigenvalue weighted by atomic mass is 9.89. The molecule has 0 aliphatic heterocycles. The number of nitrogens with zero attached hydrogens (tertiary/aromatic N) is 1. The zero-order chi connectivity index (χ0) is 15.6. The maximum atomic E-state index is 12.1. The monoisotopic (exact) mass is 288 g/mol. The molecule has 0 bridgehead atoms. The van der Waals surface area contributed by atoms with Gasteiger partial charge in [0, 0.05) is 30.7 Å². The van der Waals surface area contributed by atoms with Gasteiger partial charge in [-0.25, -0.2) is 0 Å². The van der Waals surface area contributed by atoms with Crippen LogP contribution in [0.4, 0.5) is 0 Å². The molecule has 1 heterocycles. The molecule has 0 saturated heterocycles. The van der Waals surface area contributed by atoms with Crippen molar-refractivity contribution in [2.45, 2.75) is 33.3 Å². The van der Waals surface area contributed by atoms with Crippen molar-refractivity contribution in [3.63, 3.8) is 0 Å². The van der Waals surface area contributed by atoms with E-state index in [1.54, 1.807) is 0 Å². The Morgan fingerprint density at radius 3 is 2.67 bits per heavy atom. The topological polar surface area (TPSA) is 54.3 Å². The van der Waals surface area contributed by atoms with Crippen LogP contribution in [-0.2, 0) is 18.3 Å². The van der Waals surface area contributed by atoms with E-state index in [1.165, 1.54) is 0 Å². The van der Waals surface area contributed by atoms with Gasteiger partial charge < -0.3 is 15.0 Å². The van der Waals surface area contributed by atoms with Crippen LogP contribution >= 0.6 is 0 Å². The maximum Gasteiger partial charge on any atom is 0.224 e. The van der Waals surface area contributed by atoms with Crippen molar-refractivity contribution in [2.75, 3.05) is 6.54 Å². The Labute approximate surface area is 125 Å². The first kappa shape index (κ1) is 15.6. The Balaban J connectivity index is 2.02. The molecule has 2 aromatic rings. The number of carbonyl (C=O) groups is 1. The summed E-state index contributed by atoms with van der Waals surface area (Å²) in [6.45, 7) is 6.14. The minimum absolute atomic E-state index is 0.0605. The van der Waals surface area contributed by atoms with Crippen molar-refractivity contribution in [2.24, 2.45) is 12.5 Å². The van der Waals surface area contributed by atoms with Crippen LogP contribution in [0.3, 0.4) is 0 Å². The Morgan fingerprint density at radius 1 is 1.33 bits per heavy atom. The van der Waals surface area contributed by atoms with E-state index in [9.17, 15) is 9.90 Å². The second-order valence-corrected chi connectivity index (χ2v) is 6.65. The van der Waals surface area contributed by atoms with Gasteiger partial charge in [-0.05, 0) is 17.0 Å². The number of benzene rings is 1. The van der Waals surface area contributed by atoms with E-state index in [1.807, 2.05) is 62.8 Å². The average Bonchev–Trinajstić information content (AvgIpc) is 2.72. The molecule has 4 nitrogen and oxygen atoms in total. The first-order chi connectivity index (χ1) is 9.79. The molecule has 0 fully saturated rings. The number of rotatable bonds is 4. The smallest absolute Gasteiger partial charge is 0.224 e. The van der Waals surface area contributed by atoms with Crippen LogP contribution in [0.15, 0.2) is 30.5 Å². The zero-order valence-electron chi connectivity index (χ0n) is 13.2. The standard InChI is InChI=1S/C17H24N2O2/c1-17(2,3)15(20)10-18-16(21)9-12-11-19(4)14-8-6-5-7-13(12)14/h5-8,11,15,20H,9-10H2,1-4H3,(H,18,21). The molecule has 1 amide bonds. The minimum atomic E-state index is -0.547. The van der Waals surface area contributed by atoms with E-state index in [4.69, 9.17) is 0 Å². The summed E-state index contributed by atoms with van der Waals surface area (Å²) < 4.78 is 2.03. The molecule has 1 aromatic heterocycles. The first-order valence-corrected chi connectivity index (χ1v) is 7.26. The number of aromatic nitrogens is 1. The van der Waals surface area contributed by atoms with Crippen molar-refractivity contribution < 1.29 is 9.90 Å². The van der Waals surface area contributed by atoms with Crippen LogP contribution < -0.4 is 5.32 Å². The number of hydrogen-bond donors (Lipinski definition) is 2. The fraction of sp³-hybridized carbons (Fsp3) is 0.471. The Kier molecular flexibility index (Phi) is 4.37. The van der Waals surface area contributed by atoms with Gasteiger partial charge in [0.05, 0.1) is 12.5 Å². The van der Waals surface area contributed by atoms with Gasteiger partial charge in [-0.3, -0.25) is 4.79 Å². The highest BCUT2D eigenvalue weighted by Crippen LogP contribution is 2.21. The number of fused-ring (bicyclic) bond motifs is 1. The molecule has 1 aromatic carbocycles. The van der Waals surface area contributed by atoms with Gasteiger partial charge in [-0.15, -0.1) is 0 Å². The van der Waals surface area contributed by atoms with Gasteiger partial charge in [0.25, 0.3) is 0 Å². The number of para-hydroxylation sites is 1. The van der Waals surface area contributed by atoms with Crippen LogP contribution in [0.5, 0.6) is 0 Å². The molecule has 0 aliphatic carbocycles. The van der Waals surface area contributed by atoms with Crippen molar-refractivity contribution >= 4 is 16.8 Å². The molecular weight excluding hydrogens is 264 g/mol. The predicted molar refractivity (Wildman–Crippen MR) is 85.1 cm³/mol. The molecule has 114 valence electrons. The lowest BCUT2D eigenvalue weighted by Gasteiger charge is -2.25. The largest absolute Gasteiger partial charge is 0.391 e. The van der Waals surface area contributed by atoms with Gasteiger partial charge >= 0.3 is 0 Å². The number of aliphatic hydroxyl groups excluding tert-OH is 1. The summed E-state index contributed by atoms with van der Waals surface area (Å²) in [5.41, 5.74) is 1.90. The predicted octanol–water partition coefficient (Wildman–Crippen LogP) is 2.24. The Hall–Kier alpha value is -1.81. The summed E-state index contributed by atoms with van der Waals surface area (Å²) >= 11 is 0. The molecule has 1 atom stereocenters. The highest BCUT2D eigenvalue weighted by molar-refractivity contribution is 5.89. The maximum absolute atomic E-state index is 12.1. The van der Waals surface area contributed by atoms with Gasteiger partial charge in [0.15, 0.2) is 0 Å². The first-order valence-electron chi connectivity index (χ1n) is 7.26. The van der Waals surface area contributed by atoms with E-state index in [0.717, 1.165) is 16.5 Å². The number of amides is 1. The van der Waals surface area contributed by atoms with Crippen molar-refractivity contribution in [1.82, 2.24) is 9.88 Å². The summed E-state index contributed by atoms with van der Waals surface area (Å²) in [4.78, 5) is 12.1. The molecule has 2 rings (SSSR count). The average molecular weight is 288 g/mol. The molecule has 0 aliphatic rings. The molecule has 21 heavy (non-hydrogen) atoms. The molecule has 0 radical (unpaired) electrons. The quantitative estimate of drug-likeness (QED) is 0.906. The lowest BCUT2D eigenvalue weighted by Crippen LogP contribution is -2.39. The van der Waals surface area contributed by atoms with Gasteiger partial charge in [0.2, 0.25) is 5.91 Å². The van der Waals surface area contributed by atoms with Crippen LogP contribution in [0.2, 0.25) is 0 Å². The third-order valence-electron chi connectivity index (χ3n) is 3.82. The summed E-state index contributed by atoms with van der Waals surface area (Å²) in [5.74, 6) is -0.0605. The Bertz CT molecular complexity index is 638. The van der Waals surface area contributed by atoms with E-state index >= 15 is 0 Å². The van der Waals surface area contributed by atoms with Crippen molar-refractivity contribution in [3.05, 3.63) is 36.0 Å². The second-order valence-electron chi connectivity index (χ2n) is 6.65. The van der Waals surface area contributed by atoms with Crippen LogP contribution in [0.25, 0.3) is 10.9 Å². The highest BCUT2D eigenvalue weighted by atomic mass is 16.3. The molecule has 4 heteroatoms. The van der Waals surface area contributed by atoms with Gasteiger partial charge in [-0.2, -0.15) is 0 Å². The molecule has 1 unspecified atom stereocenters. The fourth-order valence-corrected chi connectivity index (χ4v) is 2.32. The summed E-state index contributed by atoms with van der Waals surface area (Å²) in [7, 11) is 1.98. The fourth-order valence-electron chi connectivity index (χ4n) is 2.32. The molecule has 2 N–H and O–H groups in total. The van der Waals surface area contributed by atoms with E-state index in [0.29, 0.717) is 6.42 Å². The molecular formula is C17H24N2O2. The second kappa shape index (κ2) is 5.90. The van der Waals surface area contributed by atoms with E-state index in [2.05, 4.69) is 5.32 Å². The highest BCUT2D eigenvalue weighted by Gasteiger charge is 2.22. The summed E-state index contributed by atoms with van der Waals surface area (Å²) in [6.07, 6.45) is 1.77. The SMILES string of the molecule is Cn1cc(CC(=O)NCC(O)C(C)(C)C)c2ccccc21. The van der Waals surface area contributed by atoms with Gasteiger partial charge in [-0.1, -0.05) is 39.0 Å². The van der Waals surface area contributed by atoms with Crippen LogP contribution in [0.1, 0.15) is 26.3 Å². The number of hydrogen-bond acceptors (Lipinski definition) is 2. The Morgan fingerprint density at radius 2 is 2.00 bits per heavy atom. The number of carbonyl (C=O) groups excluding carboxylic acids is 1. The normalized spacial score (nSPS) is 13.4. The third-order valence-corrected chi connectivity index (χ3v) is 3.82.